The van der Waals surface area contributed by atoms with Crippen molar-refractivity contribution in [3.05, 3.63) is 118 Å². The number of thiazole rings is 1. The minimum atomic E-state index is -4.76. The van der Waals surface area contributed by atoms with Gasteiger partial charge in [0.15, 0.2) is 11.5 Å². The molecule has 0 aliphatic carbocycles. The highest BCUT2D eigenvalue weighted by Gasteiger charge is 2.45. The maximum atomic E-state index is 14.4. The molecule has 3 aliphatic heterocycles. The first kappa shape index (κ1) is 56.3. The van der Waals surface area contributed by atoms with Crippen LogP contribution >= 0.6 is 11.3 Å². The summed E-state index contributed by atoms with van der Waals surface area (Å²) in [6.45, 7) is 14.0. The molecular formula is C57H66F3N11O7S. The third-order valence-corrected chi connectivity index (χ3v) is 16.0. The van der Waals surface area contributed by atoms with Crippen LogP contribution in [0.4, 0.5) is 19.0 Å². The fraction of sp³-hybridized carbons (Fsp3) is 0.456. The number of aromatic nitrogens is 6. The number of Topliss-reactive ketones (excluding diaryl/α,β-unsaturated/α-hetero) is 1. The molecule has 79 heavy (non-hydrogen) atoms. The van der Waals surface area contributed by atoms with Crippen LogP contribution in [-0.4, -0.2) is 131 Å². The number of benzene rings is 2. The lowest BCUT2D eigenvalue weighted by Gasteiger charge is -2.45. The minimum absolute atomic E-state index is 0.0399. The lowest BCUT2D eigenvalue weighted by molar-refractivity contribution is -0.144. The number of β-amino-alcohol motifs (C(OH)–C–C–N with tert-alkyl or cyclic N) is 1. The third-order valence-electron chi connectivity index (χ3n) is 15.0. The highest BCUT2D eigenvalue weighted by molar-refractivity contribution is 7.13. The first-order chi connectivity index (χ1) is 37.4. The molecule has 2 saturated heterocycles. The number of halogens is 3. The van der Waals surface area contributed by atoms with Crippen LogP contribution in [0.15, 0.2) is 79.0 Å². The van der Waals surface area contributed by atoms with E-state index in [1.165, 1.54) is 15.8 Å². The van der Waals surface area contributed by atoms with Crippen LogP contribution in [0, 0.1) is 25.2 Å². The van der Waals surface area contributed by atoms with Gasteiger partial charge in [0, 0.05) is 101 Å². The Morgan fingerprint density at radius 1 is 0.975 bits per heavy atom. The summed E-state index contributed by atoms with van der Waals surface area (Å²) in [6.07, 6.45) is 0.475. The largest absolute Gasteiger partial charge is 0.491 e. The Morgan fingerprint density at radius 2 is 1.71 bits per heavy atom. The van der Waals surface area contributed by atoms with Gasteiger partial charge in [-0.15, -0.1) is 11.3 Å². The monoisotopic (exact) mass is 1110 g/mol. The Kier molecular flexibility index (Phi) is 16.2. The number of nitrogens with one attached hydrogen (secondary N) is 2. The van der Waals surface area contributed by atoms with E-state index in [1.807, 2.05) is 62.1 Å². The second-order valence-corrected chi connectivity index (χ2v) is 22.9. The number of alkyl halides is 3. The Morgan fingerprint density at radius 3 is 2.37 bits per heavy atom. The second-order valence-electron chi connectivity index (χ2n) is 22.0. The van der Waals surface area contributed by atoms with Crippen molar-refractivity contribution < 1.29 is 47.0 Å². The number of nitrogens with zero attached hydrogens (tertiary/aromatic N) is 9. The first-order valence-electron chi connectivity index (χ1n) is 26.5. The molecule has 418 valence electrons. The number of ketones is 1. The fourth-order valence-electron chi connectivity index (χ4n) is 10.5. The molecular weight excluding hydrogens is 1040 g/mol. The van der Waals surface area contributed by atoms with Gasteiger partial charge in [-0.2, -0.15) is 18.3 Å². The number of rotatable bonds is 17. The number of carbonyl (C=O) groups is 5. The number of hydrogen-bond acceptors (Lipinski definition) is 13. The van der Waals surface area contributed by atoms with Crippen molar-refractivity contribution in [1.29, 1.82) is 0 Å². The smallest absolute Gasteiger partial charge is 0.435 e. The summed E-state index contributed by atoms with van der Waals surface area (Å²) in [5.74, 6) is -1.93. The normalized spacial score (nSPS) is 18.4. The van der Waals surface area contributed by atoms with Crippen LogP contribution in [0.5, 0.6) is 5.75 Å². The molecule has 3 N–H and O–H groups in total. The second kappa shape index (κ2) is 22.7. The standard InChI is InChI=1S/C57H66F3N11O7S/c1-9-70-28-44(52(66-70)57(58,59)60)42-20-35(24-68-17-16-61-30-68)21-43-49(75)38(29-78-50(42)43)22-39-18-32(2)19-46(64-39)69-25-40(26-69)67(8)48(74)15-14-47(73)65-53(56(5,6)7)55(77)71-27-41(72)23-45(71)54(76)63-33(3)36-10-12-37(13-11-36)51-34(4)62-31-79-51/h10-13,16-21,28,30-31,33,38,40-41,45,53,72H,9,14-15,22-27,29H2,1-8H3,(H,63,76)(H,65,73)/t33-,38-,41+,45-,53+/m0/s1. The summed E-state index contributed by atoms with van der Waals surface area (Å²) < 4.78 is 52.4. The van der Waals surface area contributed by atoms with Gasteiger partial charge in [-0.05, 0) is 79.6 Å². The molecule has 3 aliphatic rings. The summed E-state index contributed by atoms with van der Waals surface area (Å²) in [4.78, 5) is 88.9. The molecule has 18 nitrogen and oxygen atoms in total. The summed E-state index contributed by atoms with van der Waals surface area (Å²) in [7, 11) is 1.68. The number of fused-ring (bicyclic) bond motifs is 1. The van der Waals surface area contributed by atoms with Gasteiger partial charge in [-0.25, -0.2) is 15.0 Å². The van der Waals surface area contributed by atoms with Crippen LogP contribution in [0.3, 0.4) is 0 Å². The number of pyridine rings is 1. The summed E-state index contributed by atoms with van der Waals surface area (Å²) in [5.41, 5.74) is 5.00. The molecule has 2 aromatic carbocycles. The number of imidazole rings is 1. The lowest BCUT2D eigenvalue weighted by Crippen LogP contribution is -2.60. The molecule has 2 fully saturated rings. The van der Waals surface area contributed by atoms with Crippen molar-refractivity contribution in [3.63, 3.8) is 0 Å². The number of hydrogen-bond donors (Lipinski definition) is 3. The first-order valence-corrected chi connectivity index (χ1v) is 27.3. The van der Waals surface area contributed by atoms with Crippen LogP contribution in [-0.2, 0) is 44.9 Å². The van der Waals surface area contributed by atoms with E-state index in [2.05, 4.69) is 25.7 Å². The van der Waals surface area contributed by atoms with E-state index in [4.69, 9.17) is 9.72 Å². The number of aliphatic hydroxyl groups is 1. The van der Waals surface area contributed by atoms with Gasteiger partial charge in [0.25, 0.3) is 0 Å². The molecule has 4 amide bonds. The lowest BCUT2D eigenvalue weighted by atomic mass is 9.85. The summed E-state index contributed by atoms with van der Waals surface area (Å²) in [6, 6.07) is 12.3. The van der Waals surface area contributed by atoms with Crippen LogP contribution in [0.1, 0.15) is 104 Å². The Balaban J connectivity index is 0.793. The van der Waals surface area contributed by atoms with E-state index in [9.17, 15) is 42.3 Å². The van der Waals surface area contributed by atoms with E-state index in [-0.39, 0.29) is 92.1 Å². The Hall–Kier alpha value is -7.46. The zero-order chi connectivity index (χ0) is 56.7. The van der Waals surface area contributed by atoms with Gasteiger partial charge >= 0.3 is 6.18 Å². The molecule has 6 aromatic rings. The van der Waals surface area contributed by atoms with Crippen molar-refractivity contribution in [2.24, 2.45) is 11.3 Å². The van der Waals surface area contributed by atoms with Crippen molar-refractivity contribution in [2.45, 2.75) is 124 Å². The molecule has 7 heterocycles. The molecule has 9 rings (SSSR count). The number of carbonyl (C=O) groups excluding carboxylic acids is 5. The number of anilines is 1. The van der Waals surface area contributed by atoms with E-state index < -0.39 is 65.2 Å². The topological polar surface area (TPSA) is 210 Å². The van der Waals surface area contributed by atoms with Crippen LogP contribution < -0.4 is 20.3 Å². The number of aliphatic hydroxyl groups excluding tert-OH is 1. The van der Waals surface area contributed by atoms with Gasteiger partial charge in [0.05, 0.1) is 58.7 Å². The molecule has 0 bridgehead atoms. The van der Waals surface area contributed by atoms with Gasteiger partial charge in [-0.3, -0.25) is 28.7 Å². The quantitative estimate of drug-likeness (QED) is 0.0829. The molecule has 0 saturated carbocycles. The summed E-state index contributed by atoms with van der Waals surface area (Å²) in [5, 5.41) is 20.4. The predicted molar refractivity (Wildman–Crippen MR) is 290 cm³/mol. The summed E-state index contributed by atoms with van der Waals surface area (Å²) >= 11 is 1.55. The predicted octanol–water partition coefficient (Wildman–Crippen LogP) is 7.20. The Labute approximate surface area is 460 Å². The Bertz CT molecular complexity index is 3240. The average Bonchev–Trinajstić information content (AvgIpc) is 4.34. The van der Waals surface area contributed by atoms with E-state index in [0.717, 1.165) is 27.3 Å². The van der Waals surface area contributed by atoms with Gasteiger partial charge < -0.3 is 39.7 Å². The molecule has 5 atom stereocenters. The molecule has 0 radical (unpaired) electrons. The molecule has 0 spiro atoms. The average molecular weight is 1110 g/mol. The number of aryl methyl sites for hydroxylation is 3. The number of amides is 4. The van der Waals surface area contributed by atoms with Crippen molar-refractivity contribution in [3.8, 4) is 27.3 Å². The van der Waals surface area contributed by atoms with Crippen LogP contribution in [0.2, 0.25) is 0 Å². The fourth-order valence-corrected chi connectivity index (χ4v) is 11.3. The van der Waals surface area contributed by atoms with Crippen molar-refractivity contribution >= 4 is 46.6 Å². The van der Waals surface area contributed by atoms with Gasteiger partial charge in [-0.1, -0.05) is 45.0 Å². The highest BCUT2D eigenvalue weighted by atomic mass is 32.1. The molecule has 4 aromatic heterocycles. The maximum Gasteiger partial charge on any atom is 0.435 e. The third kappa shape index (κ3) is 12.4. The van der Waals surface area contributed by atoms with Gasteiger partial charge in [0.1, 0.15) is 23.7 Å². The molecule has 22 heteroatoms. The number of likely N-dealkylation sites (N-methyl/N-ethyl adjacent to an activating group) is 1. The van der Waals surface area contributed by atoms with E-state index >= 15 is 0 Å². The zero-order valence-electron chi connectivity index (χ0n) is 45.5. The number of ether oxygens (including phenoxy) is 1. The maximum absolute atomic E-state index is 14.4. The van der Waals surface area contributed by atoms with E-state index in [0.29, 0.717) is 30.2 Å². The SMILES string of the molecule is CCn1cc(-c2cc(Cn3ccnc3)cc3c2OC[C@H](Cc2cc(C)cc(N4CC(N(C)C(=O)CCC(=O)N[C@H](C(=O)N5C[C@H](O)C[C@H]5C(=O)N[C@@H](C)c5ccc(-c6scnc6C)cc5)C(C)(C)C)C4)n2)C3=O)c(C(F)(F)F)n1. The molecule has 0 unspecified atom stereocenters. The van der Waals surface area contributed by atoms with Crippen molar-refractivity contribution in [2.75, 3.05) is 38.2 Å². The highest BCUT2D eigenvalue weighted by Crippen LogP contribution is 2.44. The zero-order valence-corrected chi connectivity index (χ0v) is 46.3. The van der Waals surface area contributed by atoms with Gasteiger partial charge in [0.2, 0.25) is 23.6 Å². The number of likely N-dealkylation sites (tertiary alicyclic amines) is 1. The van der Waals surface area contributed by atoms with Crippen LogP contribution in [0.25, 0.3) is 21.6 Å². The minimum Gasteiger partial charge on any atom is -0.491 e. The van der Waals surface area contributed by atoms with Crippen molar-refractivity contribution in [1.82, 2.24) is 49.7 Å². The van der Waals surface area contributed by atoms with E-state index in [1.54, 1.807) is 91.9 Å².